The summed E-state index contributed by atoms with van der Waals surface area (Å²) in [5.74, 6) is 6.76. The molecule has 2 rings (SSSR count). The van der Waals surface area contributed by atoms with E-state index in [1.165, 1.54) is 24.8 Å². The van der Waals surface area contributed by atoms with Gasteiger partial charge in [-0.15, -0.1) is 0 Å². The maximum Gasteiger partial charge on any atom is 0.119 e. The van der Waals surface area contributed by atoms with Gasteiger partial charge in [0.25, 0.3) is 0 Å². The highest BCUT2D eigenvalue weighted by molar-refractivity contribution is 5.29. The molecule has 1 unspecified atom stereocenters. The largest absolute Gasteiger partial charge is 0.497 e. The third-order valence-corrected chi connectivity index (χ3v) is 4.54. The first kappa shape index (κ1) is 16.3. The quantitative estimate of drug-likeness (QED) is 0.599. The zero-order valence-corrected chi connectivity index (χ0v) is 13.2. The minimum atomic E-state index is -0.134. The topological polar surface area (TPSA) is 56.5 Å². The van der Waals surface area contributed by atoms with Gasteiger partial charge in [-0.2, -0.15) is 0 Å². The zero-order valence-electron chi connectivity index (χ0n) is 13.2. The molecule has 0 amide bonds. The summed E-state index contributed by atoms with van der Waals surface area (Å²) in [6.45, 7) is 2.80. The molecule has 4 heteroatoms. The SMILES string of the molecule is CCOC1(C(Cc2cccc(OC)c2)NN)CCCCC1. The molecule has 3 N–H and O–H groups in total. The summed E-state index contributed by atoms with van der Waals surface area (Å²) >= 11 is 0. The highest BCUT2D eigenvalue weighted by atomic mass is 16.5. The third kappa shape index (κ3) is 3.96. The molecular formula is C17H28N2O2. The Morgan fingerprint density at radius 1 is 1.29 bits per heavy atom. The fourth-order valence-electron chi connectivity index (χ4n) is 3.46. The predicted octanol–water partition coefficient (Wildman–Crippen LogP) is 2.81. The van der Waals surface area contributed by atoms with Crippen molar-refractivity contribution in [3.8, 4) is 5.75 Å². The maximum absolute atomic E-state index is 6.18. The van der Waals surface area contributed by atoms with E-state index in [0.29, 0.717) is 0 Å². The van der Waals surface area contributed by atoms with Gasteiger partial charge in [-0.05, 0) is 43.9 Å². The molecule has 0 saturated heterocycles. The van der Waals surface area contributed by atoms with Gasteiger partial charge in [0.15, 0.2) is 0 Å². The minimum absolute atomic E-state index is 0.129. The van der Waals surface area contributed by atoms with E-state index in [9.17, 15) is 0 Å². The van der Waals surface area contributed by atoms with Crippen molar-refractivity contribution in [2.45, 2.75) is 57.1 Å². The number of ether oxygens (including phenoxy) is 2. The smallest absolute Gasteiger partial charge is 0.119 e. The molecule has 1 aromatic rings. The molecule has 1 fully saturated rings. The Morgan fingerprint density at radius 3 is 2.67 bits per heavy atom. The highest BCUT2D eigenvalue weighted by Crippen LogP contribution is 2.35. The second-order valence-electron chi connectivity index (χ2n) is 5.83. The van der Waals surface area contributed by atoms with E-state index in [2.05, 4.69) is 24.5 Å². The van der Waals surface area contributed by atoms with Crippen molar-refractivity contribution in [3.63, 3.8) is 0 Å². The first-order valence-electron chi connectivity index (χ1n) is 7.97. The minimum Gasteiger partial charge on any atom is -0.497 e. The van der Waals surface area contributed by atoms with Crippen LogP contribution in [0.1, 0.15) is 44.6 Å². The van der Waals surface area contributed by atoms with Crippen LogP contribution in [-0.4, -0.2) is 25.4 Å². The molecule has 1 saturated carbocycles. The molecule has 0 aliphatic heterocycles. The van der Waals surface area contributed by atoms with E-state index in [4.69, 9.17) is 15.3 Å². The van der Waals surface area contributed by atoms with Gasteiger partial charge in [0.1, 0.15) is 5.75 Å². The van der Waals surface area contributed by atoms with Gasteiger partial charge in [-0.25, -0.2) is 0 Å². The van der Waals surface area contributed by atoms with Gasteiger partial charge in [0.2, 0.25) is 0 Å². The van der Waals surface area contributed by atoms with Gasteiger partial charge in [0, 0.05) is 6.61 Å². The first-order chi connectivity index (χ1) is 10.2. The van der Waals surface area contributed by atoms with Gasteiger partial charge in [0.05, 0.1) is 18.8 Å². The molecule has 118 valence electrons. The fraction of sp³-hybridized carbons (Fsp3) is 0.647. The molecule has 1 atom stereocenters. The summed E-state index contributed by atoms with van der Waals surface area (Å²) in [4.78, 5) is 0. The van der Waals surface area contributed by atoms with Crippen molar-refractivity contribution >= 4 is 0 Å². The van der Waals surface area contributed by atoms with Crippen LogP contribution in [0.25, 0.3) is 0 Å². The Bertz CT molecular complexity index is 425. The molecule has 0 radical (unpaired) electrons. The van der Waals surface area contributed by atoms with Crippen molar-refractivity contribution in [2.75, 3.05) is 13.7 Å². The lowest BCUT2D eigenvalue weighted by Gasteiger charge is -2.43. The van der Waals surface area contributed by atoms with E-state index in [1.54, 1.807) is 7.11 Å². The molecule has 0 heterocycles. The van der Waals surface area contributed by atoms with E-state index in [-0.39, 0.29) is 11.6 Å². The van der Waals surface area contributed by atoms with Crippen molar-refractivity contribution in [1.29, 1.82) is 0 Å². The normalized spacial score (nSPS) is 19.2. The number of nitrogens with one attached hydrogen (secondary N) is 1. The van der Waals surface area contributed by atoms with Crippen LogP contribution in [0.3, 0.4) is 0 Å². The summed E-state index contributed by atoms with van der Waals surface area (Å²) in [5, 5.41) is 0. The van der Waals surface area contributed by atoms with Gasteiger partial charge < -0.3 is 9.47 Å². The molecule has 21 heavy (non-hydrogen) atoms. The van der Waals surface area contributed by atoms with Gasteiger partial charge >= 0.3 is 0 Å². The summed E-state index contributed by atoms with van der Waals surface area (Å²) < 4.78 is 11.5. The molecule has 4 nitrogen and oxygen atoms in total. The van der Waals surface area contributed by atoms with Gasteiger partial charge in [-0.1, -0.05) is 31.4 Å². The molecular weight excluding hydrogens is 264 g/mol. The molecule has 0 aromatic heterocycles. The van der Waals surface area contributed by atoms with Crippen LogP contribution in [0.4, 0.5) is 0 Å². The van der Waals surface area contributed by atoms with Crippen LogP contribution in [0.5, 0.6) is 5.75 Å². The average Bonchev–Trinajstić information content (AvgIpc) is 2.54. The Kier molecular flexibility index (Phi) is 6.03. The third-order valence-electron chi connectivity index (χ3n) is 4.54. The number of benzene rings is 1. The first-order valence-corrected chi connectivity index (χ1v) is 7.97. The Balaban J connectivity index is 2.15. The highest BCUT2D eigenvalue weighted by Gasteiger charge is 2.40. The zero-order chi connectivity index (χ0) is 15.1. The number of hydrogen-bond donors (Lipinski definition) is 2. The molecule has 1 aromatic carbocycles. The van der Waals surface area contributed by atoms with Crippen LogP contribution < -0.4 is 16.0 Å². The van der Waals surface area contributed by atoms with Crippen molar-refractivity contribution in [3.05, 3.63) is 29.8 Å². The van der Waals surface area contributed by atoms with Crippen molar-refractivity contribution in [2.24, 2.45) is 5.84 Å². The lowest BCUT2D eigenvalue weighted by molar-refractivity contribution is -0.0898. The summed E-state index contributed by atoms with van der Waals surface area (Å²) in [6.07, 6.45) is 6.75. The van der Waals surface area contributed by atoms with Crippen LogP contribution in [0.2, 0.25) is 0 Å². The van der Waals surface area contributed by atoms with Crippen molar-refractivity contribution < 1.29 is 9.47 Å². The summed E-state index contributed by atoms with van der Waals surface area (Å²) in [6, 6.07) is 8.32. The maximum atomic E-state index is 6.18. The number of nitrogens with two attached hydrogens (primary N) is 1. The van der Waals surface area contributed by atoms with Crippen molar-refractivity contribution in [1.82, 2.24) is 5.43 Å². The van der Waals surface area contributed by atoms with Crippen LogP contribution in [0.15, 0.2) is 24.3 Å². The Hall–Kier alpha value is -1.10. The molecule has 0 bridgehead atoms. The fourth-order valence-corrected chi connectivity index (χ4v) is 3.46. The Labute approximate surface area is 128 Å². The van der Waals surface area contributed by atoms with Crippen LogP contribution in [-0.2, 0) is 11.2 Å². The Morgan fingerprint density at radius 2 is 2.05 bits per heavy atom. The molecule has 1 aliphatic rings. The van der Waals surface area contributed by atoms with E-state index in [0.717, 1.165) is 31.6 Å². The second-order valence-corrected chi connectivity index (χ2v) is 5.83. The van der Waals surface area contributed by atoms with E-state index >= 15 is 0 Å². The molecule has 0 spiro atoms. The number of methoxy groups -OCH3 is 1. The predicted molar refractivity (Wildman–Crippen MR) is 85.3 cm³/mol. The standard InChI is InChI=1S/C17H28N2O2/c1-3-21-17(10-5-4-6-11-17)16(19-18)13-14-8-7-9-15(12-14)20-2/h7-9,12,16,19H,3-6,10-11,13,18H2,1-2H3. The molecule has 1 aliphatic carbocycles. The number of hydrazine groups is 1. The second kappa shape index (κ2) is 7.78. The number of hydrogen-bond acceptors (Lipinski definition) is 4. The number of rotatable bonds is 7. The van der Waals surface area contributed by atoms with Gasteiger partial charge in [-0.3, -0.25) is 11.3 Å². The summed E-state index contributed by atoms with van der Waals surface area (Å²) in [7, 11) is 1.70. The monoisotopic (exact) mass is 292 g/mol. The van der Waals surface area contributed by atoms with E-state index in [1.807, 2.05) is 12.1 Å². The summed E-state index contributed by atoms with van der Waals surface area (Å²) in [5.41, 5.74) is 4.11. The lowest BCUT2D eigenvalue weighted by Crippen LogP contribution is -2.57. The van der Waals surface area contributed by atoms with E-state index < -0.39 is 0 Å². The van der Waals surface area contributed by atoms with Crippen LogP contribution in [0, 0.1) is 0 Å². The average molecular weight is 292 g/mol. The lowest BCUT2D eigenvalue weighted by atomic mass is 9.77. The van der Waals surface area contributed by atoms with Crippen LogP contribution >= 0.6 is 0 Å².